The number of rotatable bonds is 5. The van der Waals surface area contributed by atoms with Gasteiger partial charge in [0.2, 0.25) is 0 Å². The van der Waals surface area contributed by atoms with Gasteiger partial charge in [0.15, 0.2) is 5.58 Å². The molecule has 0 aliphatic rings. The summed E-state index contributed by atoms with van der Waals surface area (Å²) in [6, 6.07) is 8.49. The van der Waals surface area contributed by atoms with Crippen LogP contribution in [0.2, 0.25) is 0 Å². The Balaban J connectivity index is 1.61. The van der Waals surface area contributed by atoms with Crippen LogP contribution in [0.1, 0.15) is 6.42 Å². The molecule has 0 saturated carbocycles. The van der Waals surface area contributed by atoms with Gasteiger partial charge in [-0.15, -0.1) is 0 Å². The molecule has 5 heteroatoms. The minimum atomic E-state index is 0.673. The number of para-hydroxylation sites is 2. The summed E-state index contributed by atoms with van der Waals surface area (Å²) in [5.41, 5.74) is 1.73. The molecule has 2 heterocycles. The van der Waals surface area contributed by atoms with Crippen molar-refractivity contribution in [2.75, 3.05) is 18.5 Å². The average molecular weight is 256 g/mol. The van der Waals surface area contributed by atoms with Crippen LogP contribution >= 0.6 is 0 Å². The number of aromatic nitrogens is 3. The van der Waals surface area contributed by atoms with Crippen LogP contribution in [-0.4, -0.2) is 28.1 Å². The van der Waals surface area contributed by atoms with E-state index in [0.29, 0.717) is 6.01 Å². The zero-order valence-electron chi connectivity index (χ0n) is 10.9. The third kappa shape index (κ3) is 2.59. The van der Waals surface area contributed by atoms with Crippen LogP contribution in [0.15, 0.2) is 47.4 Å². The molecule has 0 atom stereocenters. The van der Waals surface area contributed by atoms with Gasteiger partial charge in [0.1, 0.15) is 5.52 Å². The Hall–Kier alpha value is -2.30. The summed E-state index contributed by atoms with van der Waals surface area (Å²) in [4.78, 5) is 10.5. The van der Waals surface area contributed by atoms with E-state index in [9.17, 15) is 0 Å². The van der Waals surface area contributed by atoms with Crippen molar-refractivity contribution in [1.82, 2.24) is 14.5 Å². The van der Waals surface area contributed by atoms with Gasteiger partial charge in [-0.1, -0.05) is 12.1 Å². The fourth-order valence-electron chi connectivity index (χ4n) is 2.03. The zero-order valence-corrected chi connectivity index (χ0v) is 10.9. The minimum Gasteiger partial charge on any atom is -0.423 e. The van der Waals surface area contributed by atoms with Gasteiger partial charge >= 0.3 is 0 Å². The topological polar surface area (TPSA) is 47.1 Å². The molecule has 2 aromatic heterocycles. The molecule has 0 fully saturated rings. The molecule has 3 rings (SSSR count). The number of aryl methyl sites for hydroxylation is 1. The standard InChI is InChI=1S/C14H16N4O/c1-17(8-4-9-18-10-7-15-11-18)14-16-12-5-2-3-6-13(12)19-14/h2-3,5-7,10-11H,4,8-9H2,1H3. The van der Waals surface area contributed by atoms with Crippen LogP contribution < -0.4 is 4.90 Å². The third-order valence-electron chi connectivity index (χ3n) is 3.08. The van der Waals surface area contributed by atoms with E-state index in [0.717, 1.165) is 30.6 Å². The molecule has 0 amide bonds. The first kappa shape index (κ1) is 11.8. The number of anilines is 1. The largest absolute Gasteiger partial charge is 0.423 e. The Bertz CT molecular complexity index is 611. The highest BCUT2D eigenvalue weighted by molar-refractivity contribution is 5.74. The second kappa shape index (κ2) is 5.14. The van der Waals surface area contributed by atoms with E-state index in [1.807, 2.05) is 48.7 Å². The predicted octanol–water partition coefficient (Wildman–Crippen LogP) is 2.55. The number of fused-ring (bicyclic) bond motifs is 1. The molecule has 0 bridgehead atoms. The fourth-order valence-corrected chi connectivity index (χ4v) is 2.03. The van der Waals surface area contributed by atoms with Gasteiger partial charge in [0.25, 0.3) is 6.01 Å². The molecule has 0 unspecified atom stereocenters. The van der Waals surface area contributed by atoms with E-state index in [4.69, 9.17) is 4.42 Å². The Morgan fingerprint density at radius 1 is 1.32 bits per heavy atom. The van der Waals surface area contributed by atoms with E-state index in [2.05, 4.69) is 14.5 Å². The van der Waals surface area contributed by atoms with Crippen molar-refractivity contribution in [2.24, 2.45) is 0 Å². The predicted molar refractivity (Wildman–Crippen MR) is 74.1 cm³/mol. The first-order chi connectivity index (χ1) is 9.33. The molecule has 5 nitrogen and oxygen atoms in total. The van der Waals surface area contributed by atoms with Crippen LogP contribution in [0.3, 0.4) is 0 Å². The van der Waals surface area contributed by atoms with Gasteiger partial charge in [0, 0.05) is 32.5 Å². The normalized spacial score (nSPS) is 11.0. The highest BCUT2D eigenvalue weighted by Gasteiger charge is 2.09. The van der Waals surface area contributed by atoms with Crippen LogP contribution in [0.4, 0.5) is 6.01 Å². The first-order valence-corrected chi connectivity index (χ1v) is 6.35. The van der Waals surface area contributed by atoms with Gasteiger partial charge in [-0.25, -0.2) is 4.98 Å². The molecular formula is C14H16N4O. The molecule has 1 aromatic carbocycles. The lowest BCUT2D eigenvalue weighted by atomic mass is 10.3. The first-order valence-electron chi connectivity index (χ1n) is 6.35. The van der Waals surface area contributed by atoms with Crippen molar-refractivity contribution < 1.29 is 4.42 Å². The number of nitrogens with zero attached hydrogens (tertiary/aromatic N) is 4. The molecule has 0 spiro atoms. The summed E-state index contributed by atoms with van der Waals surface area (Å²) in [6.07, 6.45) is 6.62. The second-order valence-corrected chi connectivity index (χ2v) is 4.54. The van der Waals surface area contributed by atoms with Crippen molar-refractivity contribution in [3.05, 3.63) is 43.0 Å². The lowest BCUT2D eigenvalue weighted by Gasteiger charge is -2.13. The molecule has 3 aromatic rings. The number of oxazole rings is 1. The molecule has 0 saturated heterocycles. The third-order valence-corrected chi connectivity index (χ3v) is 3.08. The SMILES string of the molecule is CN(CCCn1ccnc1)c1nc2ccccc2o1. The summed E-state index contributed by atoms with van der Waals surface area (Å²) in [6.45, 7) is 1.84. The maximum absolute atomic E-state index is 5.71. The zero-order chi connectivity index (χ0) is 13.1. The number of imidazole rings is 1. The molecule has 0 aliphatic carbocycles. The van der Waals surface area contributed by atoms with Crippen molar-refractivity contribution in [1.29, 1.82) is 0 Å². The van der Waals surface area contributed by atoms with E-state index < -0.39 is 0 Å². The quantitative estimate of drug-likeness (QED) is 0.704. The summed E-state index contributed by atoms with van der Waals surface area (Å²) in [5.74, 6) is 0. The van der Waals surface area contributed by atoms with Crippen molar-refractivity contribution >= 4 is 17.1 Å². The van der Waals surface area contributed by atoms with Crippen molar-refractivity contribution in [2.45, 2.75) is 13.0 Å². The van der Waals surface area contributed by atoms with E-state index in [1.165, 1.54) is 0 Å². The molecule has 98 valence electrons. The molecule has 0 N–H and O–H groups in total. The van der Waals surface area contributed by atoms with Crippen LogP contribution in [-0.2, 0) is 6.54 Å². The maximum atomic E-state index is 5.71. The number of benzene rings is 1. The van der Waals surface area contributed by atoms with Crippen LogP contribution in [0.5, 0.6) is 0 Å². The lowest BCUT2D eigenvalue weighted by Crippen LogP contribution is -2.19. The molecule has 0 radical (unpaired) electrons. The maximum Gasteiger partial charge on any atom is 0.298 e. The van der Waals surface area contributed by atoms with Crippen molar-refractivity contribution in [3.8, 4) is 0 Å². The molecule has 19 heavy (non-hydrogen) atoms. The second-order valence-electron chi connectivity index (χ2n) is 4.54. The summed E-state index contributed by atoms with van der Waals surface area (Å²) in [7, 11) is 2.00. The molecular weight excluding hydrogens is 240 g/mol. The smallest absolute Gasteiger partial charge is 0.298 e. The van der Waals surface area contributed by atoms with Crippen LogP contribution in [0.25, 0.3) is 11.1 Å². The van der Waals surface area contributed by atoms with Gasteiger partial charge in [-0.3, -0.25) is 0 Å². The van der Waals surface area contributed by atoms with E-state index in [1.54, 1.807) is 6.20 Å². The van der Waals surface area contributed by atoms with E-state index in [-0.39, 0.29) is 0 Å². The fraction of sp³-hybridized carbons (Fsp3) is 0.286. The number of hydrogen-bond donors (Lipinski definition) is 0. The van der Waals surface area contributed by atoms with Gasteiger partial charge in [-0.05, 0) is 18.6 Å². The summed E-state index contributed by atoms with van der Waals surface area (Å²) < 4.78 is 7.78. The average Bonchev–Trinajstić information content (AvgIpc) is 3.07. The highest BCUT2D eigenvalue weighted by atomic mass is 16.4. The van der Waals surface area contributed by atoms with Gasteiger partial charge in [0.05, 0.1) is 6.33 Å². The Labute approximate surface area is 111 Å². The summed E-state index contributed by atoms with van der Waals surface area (Å²) >= 11 is 0. The van der Waals surface area contributed by atoms with Crippen LogP contribution in [0, 0.1) is 0 Å². The summed E-state index contributed by atoms with van der Waals surface area (Å²) in [5, 5.41) is 0. The number of hydrogen-bond acceptors (Lipinski definition) is 4. The van der Waals surface area contributed by atoms with Gasteiger partial charge < -0.3 is 13.9 Å². The monoisotopic (exact) mass is 256 g/mol. The Morgan fingerprint density at radius 2 is 2.21 bits per heavy atom. The van der Waals surface area contributed by atoms with Gasteiger partial charge in [-0.2, -0.15) is 4.98 Å². The van der Waals surface area contributed by atoms with Crippen molar-refractivity contribution in [3.63, 3.8) is 0 Å². The minimum absolute atomic E-state index is 0.673. The lowest BCUT2D eigenvalue weighted by molar-refractivity contribution is 0.563. The molecule has 0 aliphatic heterocycles. The van der Waals surface area contributed by atoms with E-state index >= 15 is 0 Å². The Kier molecular flexibility index (Phi) is 3.18. The Morgan fingerprint density at radius 3 is 3.00 bits per heavy atom. The highest BCUT2D eigenvalue weighted by Crippen LogP contribution is 2.20.